The van der Waals surface area contributed by atoms with Crippen LogP contribution in [-0.4, -0.2) is 41.6 Å². The first-order valence-corrected chi connectivity index (χ1v) is 6.93. The Morgan fingerprint density at radius 2 is 1.46 bits per heavy atom. The van der Waals surface area contributed by atoms with Gasteiger partial charge in [-0.3, -0.25) is 9.59 Å². The maximum absolute atomic E-state index is 12.8. The van der Waals surface area contributed by atoms with E-state index in [1.54, 1.807) is 0 Å². The van der Waals surface area contributed by atoms with Crippen LogP contribution in [0.2, 0.25) is 0 Å². The lowest BCUT2D eigenvalue weighted by Crippen LogP contribution is -2.39. The van der Waals surface area contributed by atoms with Gasteiger partial charge in [-0.1, -0.05) is 0 Å². The number of methoxy groups -OCH3 is 2. The number of aldehydes is 1. The predicted molar refractivity (Wildman–Crippen MR) is 81.5 cm³/mol. The molecule has 0 atom stereocenters. The SMILES string of the molecule is COC1(OC)c2c(O)cc(O)cc2C(=O)c2cc(C=O)cc(O)c21. The van der Waals surface area contributed by atoms with Crippen molar-refractivity contribution in [3.05, 3.63) is 52.1 Å². The highest BCUT2D eigenvalue weighted by atomic mass is 16.7. The summed E-state index contributed by atoms with van der Waals surface area (Å²) in [6.07, 6.45) is 0.490. The standard InChI is InChI=1S/C17H14O7/c1-23-17(24-2)14-10(3-8(7-18)4-12(14)20)16(22)11-5-9(19)6-13(21)15(11)17/h3-7,19-21H,1-2H3. The molecule has 0 spiro atoms. The molecule has 1 aliphatic carbocycles. The predicted octanol–water partition coefficient (Wildman–Crippen LogP) is 1.65. The number of hydrogen-bond donors (Lipinski definition) is 3. The zero-order valence-corrected chi connectivity index (χ0v) is 12.9. The number of fused-ring (bicyclic) bond motifs is 2. The molecule has 0 aromatic heterocycles. The molecule has 0 saturated carbocycles. The average Bonchev–Trinajstić information content (AvgIpc) is 2.56. The van der Waals surface area contributed by atoms with Crippen molar-refractivity contribution in [2.24, 2.45) is 0 Å². The quantitative estimate of drug-likeness (QED) is 0.579. The number of phenolic OH excluding ortho intramolecular Hbond substituents is 3. The first kappa shape index (κ1) is 16.0. The fourth-order valence-corrected chi connectivity index (χ4v) is 3.14. The zero-order valence-electron chi connectivity index (χ0n) is 12.9. The van der Waals surface area contributed by atoms with E-state index in [4.69, 9.17) is 9.47 Å². The Hall–Kier alpha value is -2.90. The topological polar surface area (TPSA) is 113 Å². The van der Waals surface area contributed by atoms with E-state index in [9.17, 15) is 24.9 Å². The number of ketones is 1. The van der Waals surface area contributed by atoms with Crippen LogP contribution < -0.4 is 0 Å². The largest absolute Gasteiger partial charge is 0.508 e. The van der Waals surface area contributed by atoms with E-state index in [-0.39, 0.29) is 39.3 Å². The zero-order chi connectivity index (χ0) is 17.6. The van der Waals surface area contributed by atoms with Crippen LogP contribution in [0.4, 0.5) is 0 Å². The van der Waals surface area contributed by atoms with Crippen molar-refractivity contribution in [3.8, 4) is 17.2 Å². The highest BCUT2D eigenvalue weighted by molar-refractivity contribution is 6.14. The average molecular weight is 330 g/mol. The molecule has 24 heavy (non-hydrogen) atoms. The second kappa shape index (κ2) is 5.33. The fourth-order valence-electron chi connectivity index (χ4n) is 3.14. The number of aromatic hydroxyl groups is 3. The van der Waals surface area contributed by atoms with Crippen LogP contribution >= 0.6 is 0 Å². The number of carbonyl (C=O) groups excluding carboxylic acids is 2. The van der Waals surface area contributed by atoms with Gasteiger partial charge >= 0.3 is 0 Å². The Morgan fingerprint density at radius 1 is 0.917 bits per heavy atom. The van der Waals surface area contributed by atoms with Crippen molar-refractivity contribution in [2.45, 2.75) is 5.79 Å². The summed E-state index contributed by atoms with van der Waals surface area (Å²) in [5, 5.41) is 30.3. The van der Waals surface area contributed by atoms with Gasteiger partial charge in [-0.2, -0.15) is 0 Å². The van der Waals surface area contributed by atoms with E-state index < -0.39 is 17.3 Å². The van der Waals surface area contributed by atoms with Crippen LogP contribution in [0.1, 0.15) is 37.4 Å². The van der Waals surface area contributed by atoms with Gasteiger partial charge in [0.05, 0.1) is 11.1 Å². The van der Waals surface area contributed by atoms with Crippen LogP contribution in [0, 0.1) is 0 Å². The highest BCUT2D eigenvalue weighted by Crippen LogP contribution is 2.50. The van der Waals surface area contributed by atoms with E-state index in [1.165, 1.54) is 26.4 Å². The van der Waals surface area contributed by atoms with Crippen LogP contribution in [0.3, 0.4) is 0 Å². The second-order valence-electron chi connectivity index (χ2n) is 5.32. The van der Waals surface area contributed by atoms with Crippen molar-refractivity contribution in [1.82, 2.24) is 0 Å². The third-order valence-corrected chi connectivity index (χ3v) is 4.10. The Morgan fingerprint density at radius 3 is 2.00 bits per heavy atom. The summed E-state index contributed by atoms with van der Waals surface area (Å²) in [5.74, 6) is -3.49. The maximum atomic E-state index is 12.8. The molecular weight excluding hydrogens is 316 g/mol. The molecule has 0 bridgehead atoms. The molecule has 0 aliphatic heterocycles. The first-order chi connectivity index (χ1) is 11.4. The van der Waals surface area contributed by atoms with Gasteiger partial charge in [0.2, 0.25) is 5.79 Å². The van der Waals surface area contributed by atoms with Crippen LogP contribution in [0.25, 0.3) is 0 Å². The Kier molecular flexibility index (Phi) is 3.55. The number of carbonyl (C=O) groups is 2. The summed E-state index contributed by atoms with van der Waals surface area (Å²) < 4.78 is 10.9. The molecule has 0 heterocycles. The monoisotopic (exact) mass is 330 g/mol. The third-order valence-electron chi connectivity index (χ3n) is 4.10. The molecule has 0 amide bonds. The minimum atomic E-state index is -1.78. The summed E-state index contributed by atoms with van der Waals surface area (Å²) in [5.41, 5.74) is -0.0217. The van der Waals surface area contributed by atoms with E-state index in [0.717, 1.165) is 12.1 Å². The highest BCUT2D eigenvalue weighted by Gasteiger charge is 2.49. The van der Waals surface area contributed by atoms with E-state index in [2.05, 4.69) is 0 Å². The molecular formula is C17H14O7. The van der Waals surface area contributed by atoms with Crippen LogP contribution in [0.15, 0.2) is 24.3 Å². The first-order valence-electron chi connectivity index (χ1n) is 6.93. The molecule has 124 valence electrons. The summed E-state index contributed by atoms with van der Waals surface area (Å²) >= 11 is 0. The Bertz CT molecular complexity index is 866. The van der Waals surface area contributed by atoms with Crippen LogP contribution in [-0.2, 0) is 15.3 Å². The molecule has 2 aromatic carbocycles. The summed E-state index contributed by atoms with van der Waals surface area (Å²) in [6, 6.07) is 4.67. The summed E-state index contributed by atoms with van der Waals surface area (Å²) in [4.78, 5) is 23.8. The Labute approximate surface area is 136 Å². The van der Waals surface area contributed by atoms with Gasteiger partial charge in [-0.15, -0.1) is 0 Å². The molecule has 7 nitrogen and oxygen atoms in total. The number of ether oxygens (including phenoxy) is 2. The lowest BCUT2D eigenvalue weighted by molar-refractivity contribution is -0.186. The van der Waals surface area contributed by atoms with E-state index >= 15 is 0 Å². The summed E-state index contributed by atoms with van der Waals surface area (Å²) in [6.45, 7) is 0. The lowest BCUT2D eigenvalue weighted by Gasteiger charge is -2.38. The number of hydrogen-bond acceptors (Lipinski definition) is 7. The summed E-state index contributed by atoms with van der Waals surface area (Å²) in [7, 11) is 2.57. The number of phenols is 3. The maximum Gasteiger partial charge on any atom is 0.230 e. The third kappa shape index (κ3) is 1.92. The van der Waals surface area contributed by atoms with E-state index in [1.807, 2.05) is 0 Å². The molecule has 1 aliphatic rings. The number of rotatable bonds is 3. The van der Waals surface area contributed by atoms with Gasteiger partial charge in [-0.05, 0) is 18.2 Å². The van der Waals surface area contributed by atoms with Crippen molar-refractivity contribution in [1.29, 1.82) is 0 Å². The van der Waals surface area contributed by atoms with Gasteiger partial charge in [0, 0.05) is 37.0 Å². The van der Waals surface area contributed by atoms with Gasteiger partial charge in [-0.25, -0.2) is 0 Å². The minimum Gasteiger partial charge on any atom is -0.508 e. The molecule has 0 saturated heterocycles. The smallest absolute Gasteiger partial charge is 0.230 e. The molecule has 2 aromatic rings. The van der Waals surface area contributed by atoms with Gasteiger partial charge in [0.25, 0.3) is 0 Å². The number of benzene rings is 2. The fraction of sp³-hybridized carbons (Fsp3) is 0.176. The Balaban J connectivity index is 2.49. The van der Waals surface area contributed by atoms with Gasteiger partial charge in [0.1, 0.15) is 23.5 Å². The normalized spacial score (nSPS) is 14.8. The molecule has 0 radical (unpaired) electrons. The van der Waals surface area contributed by atoms with Crippen molar-refractivity contribution in [2.75, 3.05) is 14.2 Å². The van der Waals surface area contributed by atoms with E-state index in [0.29, 0.717) is 6.29 Å². The van der Waals surface area contributed by atoms with Crippen molar-refractivity contribution >= 4 is 12.1 Å². The lowest BCUT2D eigenvalue weighted by atomic mass is 9.78. The molecule has 0 unspecified atom stereocenters. The van der Waals surface area contributed by atoms with Crippen molar-refractivity contribution in [3.63, 3.8) is 0 Å². The van der Waals surface area contributed by atoms with Gasteiger partial charge < -0.3 is 24.8 Å². The second-order valence-corrected chi connectivity index (χ2v) is 5.32. The van der Waals surface area contributed by atoms with Gasteiger partial charge in [0.15, 0.2) is 5.78 Å². The molecule has 3 N–H and O–H groups in total. The molecule has 3 rings (SSSR count). The molecule has 0 fully saturated rings. The molecule has 7 heteroatoms. The minimum absolute atomic E-state index is 0.0155. The van der Waals surface area contributed by atoms with Crippen LogP contribution in [0.5, 0.6) is 17.2 Å². The van der Waals surface area contributed by atoms with Crippen molar-refractivity contribution < 1.29 is 34.4 Å².